The third-order valence-corrected chi connectivity index (χ3v) is 5.25. The summed E-state index contributed by atoms with van der Waals surface area (Å²) in [6.45, 7) is 1.40. The minimum atomic E-state index is -4.66. The van der Waals surface area contributed by atoms with E-state index >= 15 is 0 Å². The number of benzene rings is 1. The summed E-state index contributed by atoms with van der Waals surface area (Å²) in [4.78, 5) is -0.584. The van der Waals surface area contributed by atoms with Gasteiger partial charge in [0, 0.05) is 19.7 Å². The maximum absolute atomic E-state index is 12.7. The predicted molar refractivity (Wildman–Crippen MR) is 72.6 cm³/mol. The minimum Gasteiger partial charge on any atom is -0.396 e. The molecule has 0 saturated heterocycles. The summed E-state index contributed by atoms with van der Waals surface area (Å²) >= 11 is 5.74. The summed E-state index contributed by atoms with van der Waals surface area (Å²) in [5, 5.41) is 8.48. The van der Waals surface area contributed by atoms with Crippen LogP contribution in [0.5, 0.6) is 0 Å². The molecule has 120 valence electrons. The molecule has 9 heteroatoms. The molecule has 1 aromatic carbocycles. The molecular weight excluding hydrogens is 331 g/mol. The summed E-state index contributed by atoms with van der Waals surface area (Å²) in [5.41, 5.74) is -1.08. The molecule has 0 amide bonds. The summed E-state index contributed by atoms with van der Waals surface area (Å²) in [6, 6.07) is 2.17. The molecule has 4 nitrogen and oxygen atoms in total. The standard InChI is InChI=1S/C12H15ClF3NO3S/c1-2-17(6-3-7-18)21(19,20)11-8-9(12(14,15)16)4-5-10(11)13/h4-5,8,18H,2-3,6-7H2,1H3. The van der Waals surface area contributed by atoms with Crippen molar-refractivity contribution in [3.05, 3.63) is 28.8 Å². The number of alkyl halides is 3. The molecule has 0 spiro atoms. The number of hydrogen-bond donors (Lipinski definition) is 1. The average Bonchev–Trinajstić information content (AvgIpc) is 2.38. The third kappa shape index (κ3) is 4.32. The second-order valence-corrected chi connectivity index (χ2v) is 6.53. The third-order valence-electron chi connectivity index (χ3n) is 2.79. The predicted octanol–water partition coefficient (Wildman–Crippen LogP) is 2.75. The van der Waals surface area contributed by atoms with E-state index in [0.29, 0.717) is 6.07 Å². The number of hydrogen-bond acceptors (Lipinski definition) is 3. The number of halogens is 4. The van der Waals surface area contributed by atoms with Gasteiger partial charge in [0.05, 0.1) is 10.6 Å². The Labute approximate surface area is 126 Å². The van der Waals surface area contributed by atoms with Crippen molar-refractivity contribution in [3.63, 3.8) is 0 Å². The van der Waals surface area contributed by atoms with Gasteiger partial charge >= 0.3 is 6.18 Å². The van der Waals surface area contributed by atoms with Crippen LogP contribution in [0.4, 0.5) is 13.2 Å². The molecule has 21 heavy (non-hydrogen) atoms. The van der Waals surface area contributed by atoms with Crippen molar-refractivity contribution in [3.8, 4) is 0 Å². The van der Waals surface area contributed by atoms with Gasteiger partial charge in [-0.15, -0.1) is 0 Å². The second kappa shape index (κ2) is 6.95. The average molecular weight is 346 g/mol. The van der Waals surface area contributed by atoms with Gasteiger partial charge in [-0.05, 0) is 24.6 Å². The molecule has 1 rings (SSSR count). The lowest BCUT2D eigenvalue weighted by atomic mass is 10.2. The molecule has 1 N–H and O–H groups in total. The van der Waals surface area contributed by atoms with Crippen LogP contribution < -0.4 is 0 Å². The summed E-state index contributed by atoms with van der Waals surface area (Å²) in [5.74, 6) is 0. The molecule has 0 aliphatic carbocycles. The Bertz CT molecular complexity index is 590. The zero-order valence-electron chi connectivity index (χ0n) is 11.2. The second-order valence-electron chi connectivity index (χ2n) is 4.22. The first kappa shape index (κ1) is 18.2. The highest BCUT2D eigenvalue weighted by atomic mass is 35.5. The van der Waals surface area contributed by atoms with Crippen molar-refractivity contribution in [1.82, 2.24) is 4.31 Å². The van der Waals surface area contributed by atoms with Gasteiger partial charge in [-0.2, -0.15) is 17.5 Å². The highest BCUT2D eigenvalue weighted by molar-refractivity contribution is 7.89. The van der Waals surface area contributed by atoms with E-state index < -0.39 is 26.7 Å². The number of aliphatic hydroxyl groups is 1. The summed E-state index contributed by atoms with van der Waals surface area (Å²) in [7, 11) is -4.15. The Morgan fingerprint density at radius 3 is 2.43 bits per heavy atom. The smallest absolute Gasteiger partial charge is 0.396 e. The lowest BCUT2D eigenvalue weighted by Gasteiger charge is -2.21. The van der Waals surface area contributed by atoms with E-state index in [9.17, 15) is 21.6 Å². The van der Waals surface area contributed by atoms with E-state index in [1.807, 2.05) is 0 Å². The van der Waals surface area contributed by atoms with Crippen molar-refractivity contribution in [2.75, 3.05) is 19.7 Å². The fourth-order valence-corrected chi connectivity index (χ4v) is 3.70. The Hall–Kier alpha value is -0.830. The summed E-state index contributed by atoms with van der Waals surface area (Å²) in [6.07, 6.45) is -4.47. The Balaban J connectivity index is 3.29. The van der Waals surface area contributed by atoms with Gasteiger partial charge in [0.1, 0.15) is 4.90 Å². The lowest BCUT2D eigenvalue weighted by Crippen LogP contribution is -2.32. The first-order valence-corrected chi connectivity index (χ1v) is 7.94. The van der Waals surface area contributed by atoms with Gasteiger partial charge in [0.15, 0.2) is 0 Å². The molecule has 0 aliphatic rings. The van der Waals surface area contributed by atoms with Gasteiger partial charge in [0.25, 0.3) is 0 Å². The zero-order valence-corrected chi connectivity index (χ0v) is 12.8. The summed E-state index contributed by atoms with van der Waals surface area (Å²) < 4.78 is 63.8. The Morgan fingerprint density at radius 1 is 1.33 bits per heavy atom. The van der Waals surface area contributed by atoms with Gasteiger partial charge in [0.2, 0.25) is 10.0 Å². The maximum Gasteiger partial charge on any atom is 0.416 e. The molecule has 0 radical (unpaired) electrons. The molecule has 0 aliphatic heterocycles. The van der Waals surface area contributed by atoms with Gasteiger partial charge in [-0.25, -0.2) is 8.42 Å². The van der Waals surface area contributed by atoms with Crippen LogP contribution in [0.3, 0.4) is 0 Å². The molecule has 0 saturated carbocycles. The van der Waals surface area contributed by atoms with Crippen LogP contribution in [0.15, 0.2) is 23.1 Å². The SMILES string of the molecule is CCN(CCCO)S(=O)(=O)c1cc(C(F)(F)F)ccc1Cl. The molecule has 0 unspecified atom stereocenters. The molecule has 0 bridgehead atoms. The van der Waals surface area contributed by atoms with Gasteiger partial charge in [-0.1, -0.05) is 18.5 Å². The van der Waals surface area contributed by atoms with Crippen molar-refractivity contribution in [2.45, 2.75) is 24.4 Å². The largest absolute Gasteiger partial charge is 0.416 e. The van der Waals surface area contributed by atoms with Crippen LogP contribution in [0.25, 0.3) is 0 Å². The molecule has 1 aromatic rings. The van der Waals surface area contributed by atoms with Crippen molar-refractivity contribution >= 4 is 21.6 Å². The number of sulfonamides is 1. The number of aliphatic hydroxyl groups excluding tert-OH is 1. The van der Waals surface area contributed by atoms with Crippen LogP contribution in [-0.2, 0) is 16.2 Å². The molecule has 0 aromatic heterocycles. The Kier molecular flexibility index (Phi) is 6.03. The van der Waals surface area contributed by atoms with E-state index in [-0.39, 0.29) is 31.1 Å². The first-order valence-electron chi connectivity index (χ1n) is 6.12. The molecular formula is C12H15ClF3NO3S. The quantitative estimate of drug-likeness (QED) is 0.862. The highest BCUT2D eigenvalue weighted by Crippen LogP contribution is 2.34. The van der Waals surface area contributed by atoms with Crippen LogP contribution in [0.2, 0.25) is 5.02 Å². The van der Waals surface area contributed by atoms with Crippen molar-refractivity contribution < 1.29 is 26.7 Å². The topological polar surface area (TPSA) is 57.6 Å². The van der Waals surface area contributed by atoms with E-state index in [0.717, 1.165) is 16.4 Å². The normalized spacial score (nSPS) is 12.9. The number of rotatable bonds is 6. The fraction of sp³-hybridized carbons (Fsp3) is 0.500. The lowest BCUT2D eigenvalue weighted by molar-refractivity contribution is -0.137. The zero-order chi connectivity index (χ0) is 16.3. The highest BCUT2D eigenvalue weighted by Gasteiger charge is 2.34. The molecule has 0 fully saturated rings. The van der Waals surface area contributed by atoms with Crippen LogP contribution in [0, 0.1) is 0 Å². The first-order chi connectivity index (χ1) is 9.64. The fourth-order valence-electron chi connectivity index (χ4n) is 1.71. The van der Waals surface area contributed by atoms with Crippen molar-refractivity contribution in [2.24, 2.45) is 0 Å². The van der Waals surface area contributed by atoms with E-state index in [4.69, 9.17) is 16.7 Å². The van der Waals surface area contributed by atoms with Crippen LogP contribution >= 0.6 is 11.6 Å². The number of nitrogens with zero attached hydrogens (tertiary/aromatic N) is 1. The van der Waals surface area contributed by atoms with Gasteiger partial charge in [-0.3, -0.25) is 0 Å². The van der Waals surface area contributed by atoms with Crippen LogP contribution in [-0.4, -0.2) is 37.5 Å². The minimum absolute atomic E-state index is 0.00189. The molecule has 0 heterocycles. The Morgan fingerprint density at radius 2 is 1.95 bits per heavy atom. The molecule has 0 atom stereocenters. The van der Waals surface area contributed by atoms with Crippen LogP contribution in [0.1, 0.15) is 18.9 Å². The van der Waals surface area contributed by atoms with Crippen molar-refractivity contribution in [1.29, 1.82) is 0 Å². The van der Waals surface area contributed by atoms with E-state index in [1.165, 1.54) is 0 Å². The van der Waals surface area contributed by atoms with Gasteiger partial charge < -0.3 is 5.11 Å². The van der Waals surface area contributed by atoms with E-state index in [1.54, 1.807) is 6.92 Å². The monoisotopic (exact) mass is 345 g/mol. The van der Waals surface area contributed by atoms with E-state index in [2.05, 4.69) is 0 Å². The maximum atomic E-state index is 12.7.